The van der Waals surface area contributed by atoms with E-state index in [0.29, 0.717) is 5.88 Å². The Kier molecular flexibility index (Phi) is 4.04. The van der Waals surface area contributed by atoms with E-state index in [1.54, 1.807) is 17.5 Å². The largest absolute Gasteiger partial charge is 0.264 e. The van der Waals surface area contributed by atoms with Crippen LogP contribution in [0.25, 0.3) is 21.8 Å². The smallest absolute Gasteiger partial charge is 0.125 e. The van der Waals surface area contributed by atoms with Crippen LogP contribution in [0.15, 0.2) is 42.7 Å². The minimum atomic E-state index is 0.472. The van der Waals surface area contributed by atoms with E-state index >= 15 is 0 Å². The Labute approximate surface area is 133 Å². The molecule has 21 heavy (non-hydrogen) atoms. The fraction of sp³-hybridized carbons (Fsp3) is 0.176. The van der Waals surface area contributed by atoms with Gasteiger partial charge in [-0.25, -0.2) is 4.98 Å². The van der Waals surface area contributed by atoms with Crippen molar-refractivity contribution in [1.82, 2.24) is 9.97 Å². The number of aromatic nitrogens is 2. The van der Waals surface area contributed by atoms with Gasteiger partial charge in [0.25, 0.3) is 0 Å². The van der Waals surface area contributed by atoms with Crippen molar-refractivity contribution in [1.29, 1.82) is 0 Å². The van der Waals surface area contributed by atoms with Crippen molar-refractivity contribution >= 4 is 22.9 Å². The summed E-state index contributed by atoms with van der Waals surface area (Å²) in [4.78, 5) is 10.0. The molecule has 0 unspecified atom stereocenters. The number of thiazole rings is 1. The van der Waals surface area contributed by atoms with Crippen LogP contribution in [0.4, 0.5) is 0 Å². The van der Waals surface area contributed by atoms with Gasteiger partial charge in [0.15, 0.2) is 0 Å². The van der Waals surface area contributed by atoms with Crippen molar-refractivity contribution in [3.05, 3.63) is 58.7 Å². The van der Waals surface area contributed by atoms with Crippen LogP contribution >= 0.6 is 22.9 Å². The summed E-state index contributed by atoms with van der Waals surface area (Å²) in [7, 11) is 0. The lowest BCUT2D eigenvalue weighted by atomic mass is 10.0. The summed E-state index contributed by atoms with van der Waals surface area (Å²) in [6, 6.07) is 10.4. The maximum absolute atomic E-state index is 6.11. The Morgan fingerprint density at radius 1 is 1.10 bits per heavy atom. The molecule has 3 aromatic rings. The van der Waals surface area contributed by atoms with Crippen LogP contribution in [0.2, 0.25) is 0 Å². The van der Waals surface area contributed by atoms with Gasteiger partial charge in [-0.1, -0.05) is 12.1 Å². The molecule has 2 nitrogen and oxygen atoms in total. The van der Waals surface area contributed by atoms with Crippen LogP contribution in [-0.2, 0) is 5.88 Å². The summed E-state index contributed by atoms with van der Waals surface area (Å²) in [6.07, 6.45) is 3.60. The van der Waals surface area contributed by atoms with E-state index in [-0.39, 0.29) is 0 Å². The number of hydrogen-bond donors (Lipinski definition) is 0. The molecule has 106 valence electrons. The molecule has 0 amide bonds. The molecule has 0 atom stereocenters. The van der Waals surface area contributed by atoms with Crippen molar-refractivity contribution in [2.75, 3.05) is 0 Å². The molecule has 1 aromatic carbocycles. The normalized spacial score (nSPS) is 10.8. The zero-order valence-corrected chi connectivity index (χ0v) is 13.5. The van der Waals surface area contributed by atoms with Crippen molar-refractivity contribution < 1.29 is 0 Å². The second kappa shape index (κ2) is 5.96. The molecule has 0 spiro atoms. The molecule has 0 saturated heterocycles. The third-order valence-corrected chi connectivity index (χ3v) is 5.04. The van der Waals surface area contributed by atoms with Gasteiger partial charge in [-0.3, -0.25) is 4.98 Å². The van der Waals surface area contributed by atoms with E-state index in [0.717, 1.165) is 26.7 Å². The predicted octanol–water partition coefficient (Wildman–Crippen LogP) is 5.23. The lowest BCUT2D eigenvalue weighted by Crippen LogP contribution is -1.87. The molecule has 0 radical (unpaired) electrons. The monoisotopic (exact) mass is 314 g/mol. The molecule has 0 bridgehead atoms. The van der Waals surface area contributed by atoms with Crippen molar-refractivity contribution in [3.8, 4) is 21.8 Å². The van der Waals surface area contributed by atoms with Gasteiger partial charge < -0.3 is 0 Å². The average molecular weight is 315 g/mol. The van der Waals surface area contributed by atoms with E-state index in [2.05, 4.69) is 37.0 Å². The molecule has 0 aliphatic carbocycles. The standard InChI is InChI=1S/C17H15ClN2S/c1-11-5-6-13(8-12(11)2)16-15(9-18)21-17(20-16)14-4-3-7-19-10-14/h3-8,10H,9H2,1-2H3. The fourth-order valence-corrected chi connectivity index (χ4v) is 3.38. The summed E-state index contributed by atoms with van der Waals surface area (Å²) >= 11 is 7.74. The molecular formula is C17H15ClN2S. The maximum atomic E-state index is 6.11. The van der Waals surface area contributed by atoms with Crippen LogP contribution in [-0.4, -0.2) is 9.97 Å². The number of hydrogen-bond acceptors (Lipinski definition) is 3. The second-order valence-electron chi connectivity index (χ2n) is 4.97. The zero-order valence-electron chi connectivity index (χ0n) is 11.9. The van der Waals surface area contributed by atoms with E-state index < -0.39 is 0 Å². The lowest BCUT2D eigenvalue weighted by molar-refractivity contribution is 1.29. The SMILES string of the molecule is Cc1ccc(-c2nc(-c3cccnc3)sc2CCl)cc1C. The molecule has 0 fully saturated rings. The number of alkyl halides is 1. The van der Waals surface area contributed by atoms with Gasteiger partial charge in [0.2, 0.25) is 0 Å². The van der Waals surface area contributed by atoms with E-state index in [1.165, 1.54) is 11.1 Å². The van der Waals surface area contributed by atoms with E-state index in [1.807, 2.05) is 18.3 Å². The zero-order chi connectivity index (χ0) is 14.8. The van der Waals surface area contributed by atoms with Gasteiger partial charge >= 0.3 is 0 Å². The van der Waals surface area contributed by atoms with Gasteiger partial charge in [0.05, 0.1) is 11.6 Å². The van der Waals surface area contributed by atoms with Gasteiger partial charge in [0.1, 0.15) is 5.01 Å². The van der Waals surface area contributed by atoms with Crippen LogP contribution in [0.3, 0.4) is 0 Å². The summed E-state index contributed by atoms with van der Waals surface area (Å²) in [5.41, 5.74) is 5.69. The highest BCUT2D eigenvalue weighted by Gasteiger charge is 2.14. The Morgan fingerprint density at radius 2 is 1.95 bits per heavy atom. The highest BCUT2D eigenvalue weighted by atomic mass is 35.5. The predicted molar refractivity (Wildman–Crippen MR) is 89.8 cm³/mol. The molecule has 2 heterocycles. The molecular weight excluding hydrogens is 300 g/mol. The first-order valence-corrected chi connectivity index (χ1v) is 8.08. The number of nitrogens with zero attached hydrogens (tertiary/aromatic N) is 2. The lowest BCUT2D eigenvalue weighted by Gasteiger charge is -2.04. The van der Waals surface area contributed by atoms with Crippen molar-refractivity contribution in [2.24, 2.45) is 0 Å². The number of pyridine rings is 1. The van der Waals surface area contributed by atoms with Gasteiger partial charge in [-0.05, 0) is 43.2 Å². The highest BCUT2D eigenvalue weighted by molar-refractivity contribution is 7.15. The molecule has 3 rings (SSSR count). The third-order valence-electron chi connectivity index (χ3n) is 3.51. The average Bonchev–Trinajstić information content (AvgIpc) is 2.95. The van der Waals surface area contributed by atoms with Gasteiger partial charge in [-0.15, -0.1) is 22.9 Å². The molecule has 2 aromatic heterocycles. The fourth-order valence-electron chi connectivity index (χ4n) is 2.17. The van der Waals surface area contributed by atoms with Crippen molar-refractivity contribution in [3.63, 3.8) is 0 Å². The Morgan fingerprint density at radius 3 is 2.62 bits per heavy atom. The number of halogens is 1. The first-order chi connectivity index (χ1) is 10.2. The van der Waals surface area contributed by atoms with Crippen LogP contribution in [0, 0.1) is 13.8 Å². The molecule has 0 aliphatic heterocycles. The molecule has 0 aliphatic rings. The minimum absolute atomic E-state index is 0.472. The number of benzene rings is 1. The Hall–Kier alpha value is -1.71. The molecule has 0 saturated carbocycles. The topological polar surface area (TPSA) is 25.8 Å². The highest BCUT2D eigenvalue weighted by Crippen LogP contribution is 2.35. The molecule has 4 heteroatoms. The van der Waals surface area contributed by atoms with E-state index in [9.17, 15) is 0 Å². The molecule has 0 N–H and O–H groups in total. The minimum Gasteiger partial charge on any atom is -0.264 e. The van der Waals surface area contributed by atoms with Crippen LogP contribution in [0.5, 0.6) is 0 Å². The Balaban J connectivity index is 2.10. The van der Waals surface area contributed by atoms with E-state index in [4.69, 9.17) is 16.6 Å². The van der Waals surface area contributed by atoms with Crippen LogP contribution in [0.1, 0.15) is 16.0 Å². The number of aryl methyl sites for hydroxylation is 2. The Bertz CT molecular complexity index is 766. The third kappa shape index (κ3) is 2.85. The van der Waals surface area contributed by atoms with Crippen molar-refractivity contribution in [2.45, 2.75) is 19.7 Å². The quantitative estimate of drug-likeness (QED) is 0.619. The van der Waals surface area contributed by atoms with Crippen LogP contribution < -0.4 is 0 Å². The summed E-state index contributed by atoms with van der Waals surface area (Å²) < 4.78 is 0. The maximum Gasteiger partial charge on any atom is 0.125 e. The van der Waals surface area contributed by atoms with Gasteiger partial charge in [-0.2, -0.15) is 0 Å². The first kappa shape index (κ1) is 14.2. The van der Waals surface area contributed by atoms with Gasteiger partial charge in [0, 0.05) is 28.4 Å². The summed E-state index contributed by atoms with van der Waals surface area (Å²) in [6.45, 7) is 4.23. The second-order valence-corrected chi connectivity index (χ2v) is 6.32. The number of rotatable bonds is 3. The summed E-state index contributed by atoms with van der Waals surface area (Å²) in [5.74, 6) is 0.472. The summed E-state index contributed by atoms with van der Waals surface area (Å²) in [5, 5.41) is 0.965. The first-order valence-electron chi connectivity index (χ1n) is 6.72.